The molecule has 2 nitrogen and oxygen atoms in total. The summed E-state index contributed by atoms with van der Waals surface area (Å²) < 4.78 is 3.16. The topological polar surface area (TPSA) is 19.7 Å². The highest BCUT2D eigenvalue weighted by molar-refractivity contribution is 9.10. The largest absolute Gasteiger partial charge is 1.00 e. The number of aromatic amines is 1. The number of imidazole rings is 1. The van der Waals surface area contributed by atoms with Crippen LogP contribution in [-0.2, 0) is 7.05 Å². The van der Waals surface area contributed by atoms with Gasteiger partial charge in [0, 0.05) is 4.47 Å². The molecule has 0 amide bonds. The van der Waals surface area contributed by atoms with Crippen LogP contribution in [-0.4, -0.2) is 4.98 Å². The van der Waals surface area contributed by atoms with Crippen molar-refractivity contribution in [3.05, 3.63) is 41.1 Å². The number of H-pyrrole nitrogens is 1. The summed E-state index contributed by atoms with van der Waals surface area (Å²) in [6.07, 6.45) is 3.93. The molecule has 0 saturated heterocycles. The maximum absolute atomic E-state index is 3.41. The molecule has 0 aliphatic heterocycles. The van der Waals surface area contributed by atoms with E-state index in [9.17, 15) is 0 Å². The van der Waals surface area contributed by atoms with Gasteiger partial charge >= 0.3 is 0 Å². The van der Waals surface area contributed by atoms with E-state index in [0.29, 0.717) is 0 Å². The highest BCUT2D eigenvalue weighted by atomic mass is 127. The van der Waals surface area contributed by atoms with Crippen molar-refractivity contribution in [3.8, 4) is 11.4 Å². The lowest BCUT2D eigenvalue weighted by Crippen LogP contribution is -3.00. The van der Waals surface area contributed by atoms with Crippen molar-refractivity contribution in [1.29, 1.82) is 0 Å². The Kier molecular flexibility index (Phi) is 4.12. The molecule has 1 aromatic carbocycles. The van der Waals surface area contributed by atoms with Crippen LogP contribution in [0.25, 0.3) is 11.4 Å². The molecule has 0 fully saturated rings. The fourth-order valence-corrected chi connectivity index (χ4v) is 1.56. The van der Waals surface area contributed by atoms with Crippen molar-refractivity contribution in [2.75, 3.05) is 0 Å². The molecule has 1 aromatic heterocycles. The minimum absolute atomic E-state index is 0. The van der Waals surface area contributed by atoms with Crippen LogP contribution in [0, 0.1) is 0 Å². The summed E-state index contributed by atoms with van der Waals surface area (Å²) >= 11 is 3.41. The van der Waals surface area contributed by atoms with E-state index in [1.165, 1.54) is 5.56 Å². The molecule has 1 heterocycles. The number of halogens is 2. The zero-order valence-electron chi connectivity index (χ0n) is 7.67. The van der Waals surface area contributed by atoms with Crippen LogP contribution in [0.5, 0.6) is 0 Å². The fraction of sp³-hybridized carbons (Fsp3) is 0.100. The van der Waals surface area contributed by atoms with Gasteiger partial charge in [-0.1, -0.05) is 15.9 Å². The van der Waals surface area contributed by atoms with E-state index in [-0.39, 0.29) is 24.0 Å². The van der Waals surface area contributed by atoms with Crippen LogP contribution in [0.15, 0.2) is 41.1 Å². The van der Waals surface area contributed by atoms with E-state index in [1.807, 2.05) is 31.6 Å². The molecule has 2 aromatic rings. The summed E-state index contributed by atoms with van der Waals surface area (Å²) in [5.41, 5.74) is 1.19. The van der Waals surface area contributed by atoms with E-state index >= 15 is 0 Å². The van der Waals surface area contributed by atoms with Crippen LogP contribution in [0.2, 0.25) is 0 Å². The maximum Gasteiger partial charge on any atom is 0.286 e. The minimum Gasteiger partial charge on any atom is -1.00 e. The number of aromatic nitrogens is 2. The monoisotopic (exact) mass is 364 g/mol. The quantitative estimate of drug-likeness (QED) is 0.508. The number of nitrogens with zero attached hydrogens (tertiary/aromatic N) is 1. The standard InChI is InChI=1S/C10H9BrN2.HI/c1-13-7-6-12-10(13)8-2-4-9(11)5-3-8;/h2-7H,1H3;1H. The Morgan fingerprint density at radius 1 is 1.21 bits per heavy atom. The third kappa shape index (κ3) is 2.36. The summed E-state index contributed by atoms with van der Waals surface area (Å²) in [4.78, 5) is 3.19. The van der Waals surface area contributed by atoms with Crippen molar-refractivity contribution in [1.82, 2.24) is 4.98 Å². The number of nitrogens with one attached hydrogen (secondary N) is 1. The molecule has 4 heteroatoms. The van der Waals surface area contributed by atoms with Crippen molar-refractivity contribution in [2.24, 2.45) is 7.05 Å². The number of hydrogen-bond acceptors (Lipinski definition) is 0. The third-order valence-electron chi connectivity index (χ3n) is 1.99. The number of rotatable bonds is 1. The first-order valence-electron chi connectivity index (χ1n) is 4.06. The molecule has 0 unspecified atom stereocenters. The van der Waals surface area contributed by atoms with Crippen LogP contribution in [0.4, 0.5) is 0 Å². The first-order valence-corrected chi connectivity index (χ1v) is 4.85. The van der Waals surface area contributed by atoms with E-state index in [0.717, 1.165) is 10.3 Å². The summed E-state index contributed by atoms with van der Waals surface area (Å²) in [6.45, 7) is 0. The predicted octanol–water partition coefficient (Wildman–Crippen LogP) is -0.727. The van der Waals surface area contributed by atoms with Crippen molar-refractivity contribution in [3.63, 3.8) is 0 Å². The molecule has 0 aliphatic rings. The second-order valence-electron chi connectivity index (χ2n) is 2.93. The Morgan fingerprint density at radius 3 is 2.36 bits per heavy atom. The van der Waals surface area contributed by atoms with Crippen LogP contribution >= 0.6 is 15.9 Å². The van der Waals surface area contributed by atoms with E-state index < -0.39 is 0 Å². The summed E-state index contributed by atoms with van der Waals surface area (Å²) in [7, 11) is 2.02. The molecular weight excluding hydrogens is 355 g/mol. The highest BCUT2D eigenvalue weighted by Gasteiger charge is 2.08. The number of benzene rings is 1. The zero-order chi connectivity index (χ0) is 9.26. The van der Waals surface area contributed by atoms with Crippen molar-refractivity contribution >= 4 is 15.9 Å². The Balaban J connectivity index is 0.000000980. The van der Waals surface area contributed by atoms with Gasteiger partial charge in [-0.05, 0) is 24.3 Å². The summed E-state index contributed by atoms with van der Waals surface area (Å²) in [5.74, 6) is 1.12. The third-order valence-corrected chi connectivity index (χ3v) is 2.52. The molecule has 0 radical (unpaired) electrons. The van der Waals surface area contributed by atoms with Gasteiger partial charge in [0.15, 0.2) is 0 Å². The van der Waals surface area contributed by atoms with Crippen LogP contribution in [0.1, 0.15) is 0 Å². The SMILES string of the molecule is C[n+]1cc[nH]c1-c1ccc(Br)cc1.[I-]. The molecule has 2 rings (SSSR count). The molecule has 0 bridgehead atoms. The van der Waals surface area contributed by atoms with Gasteiger partial charge in [0.1, 0.15) is 12.4 Å². The lowest BCUT2D eigenvalue weighted by atomic mass is 10.2. The first-order chi connectivity index (χ1) is 6.27. The fourth-order valence-electron chi connectivity index (χ4n) is 1.30. The Labute approximate surface area is 109 Å². The van der Waals surface area contributed by atoms with E-state index in [4.69, 9.17) is 0 Å². The molecule has 14 heavy (non-hydrogen) atoms. The van der Waals surface area contributed by atoms with E-state index in [2.05, 4.69) is 37.6 Å². The normalized spacial score (nSPS) is 9.57. The lowest BCUT2D eigenvalue weighted by Gasteiger charge is -1.95. The van der Waals surface area contributed by atoms with Gasteiger partial charge in [0.25, 0.3) is 5.82 Å². The average Bonchev–Trinajstić information content (AvgIpc) is 2.53. The second kappa shape index (κ2) is 4.93. The molecule has 0 saturated carbocycles. The summed E-state index contributed by atoms with van der Waals surface area (Å²) in [5, 5.41) is 0. The second-order valence-corrected chi connectivity index (χ2v) is 3.84. The Bertz CT molecular complexity index is 408. The van der Waals surface area contributed by atoms with Gasteiger partial charge < -0.3 is 24.0 Å². The minimum atomic E-state index is 0. The summed E-state index contributed by atoms with van der Waals surface area (Å²) in [6, 6.07) is 8.23. The molecule has 0 atom stereocenters. The van der Waals surface area contributed by atoms with Gasteiger partial charge in [-0.3, -0.25) is 0 Å². The average molecular weight is 365 g/mol. The molecule has 74 valence electrons. The Morgan fingerprint density at radius 2 is 1.86 bits per heavy atom. The van der Waals surface area contributed by atoms with Crippen LogP contribution in [0.3, 0.4) is 0 Å². The Hall–Kier alpha value is -0.360. The zero-order valence-corrected chi connectivity index (χ0v) is 11.4. The first kappa shape index (κ1) is 11.7. The van der Waals surface area contributed by atoms with Gasteiger partial charge in [-0.15, -0.1) is 0 Å². The maximum atomic E-state index is 3.41. The molecule has 1 N–H and O–H groups in total. The van der Waals surface area contributed by atoms with Gasteiger partial charge in [0.2, 0.25) is 0 Å². The van der Waals surface area contributed by atoms with Crippen LogP contribution < -0.4 is 28.5 Å². The number of aryl methyl sites for hydroxylation is 1. The van der Waals surface area contributed by atoms with Gasteiger partial charge in [0.05, 0.1) is 12.6 Å². The lowest BCUT2D eigenvalue weighted by molar-refractivity contribution is -0.658. The molecule has 0 aliphatic carbocycles. The number of hydrogen-bond donors (Lipinski definition) is 1. The van der Waals surface area contributed by atoms with Crippen molar-refractivity contribution in [2.45, 2.75) is 0 Å². The molecule has 0 spiro atoms. The van der Waals surface area contributed by atoms with Crippen molar-refractivity contribution < 1.29 is 28.5 Å². The van der Waals surface area contributed by atoms with Gasteiger partial charge in [-0.2, -0.15) is 0 Å². The predicted molar refractivity (Wildman–Crippen MR) is 55.1 cm³/mol. The smallest absolute Gasteiger partial charge is 0.286 e. The van der Waals surface area contributed by atoms with Gasteiger partial charge in [-0.25, -0.2) is 9.55 Å². The molecular formula is C10H10BrIN2. The highest BCUT2D eigenvalue weighted by Crippen LogP contribution is 2.16. The van der Waals surface area contributed by atoms with E-state index in [1.54, 1.807) is 0 Å².